The van der Waals surface area contributed by atoms with Gasteiger partial charge < -0.3 is 19.5 Å². The third-order valence-electron chi connectivity index (χ3n) is 4.53. The fourth-order valence-corrected chi connectivity index (χ4v) is 2.92. The van der Waals surface area contributed by atoms with E-state index in [0.717, 1.165) is 24.8 Å². The molecule has 0 aliphatic rings. The third kappa shape index (κ3) is 7.33. The zero-order valence-electron chi connectivity index (χ0n) is 17.8. The smallest absolute Gasteiger partial charge is 0.255 e. The maximum absolute atomic E-state index is 12.7. The third-order valence-corrected chi connectivity index (χ3v) is 4.53. The fraction of sp³-hybridized carbons (Fsp3) is 0.458. The lowest BCUT2D eigenvalue weighted by atomic mass is 10.1. The van der Waals surface area contributed by atoms with Crippen molar-refractivity contribution in [3.05, 3.63) is 53.6 Å². The Kier molecular flexibility index (Phi) is 9.90. The summed E-state index contributed by atoms with van der Waals surface area (Å²) in [4.78, 5) is 12.7. The van der Waals surface area contributed by atoms with Gasteiger partial charge in [0.2, 0.25) is 0 Å². The van der Waals surface area contributed by atoms with Crippen molar-refractivity contribution in [2.75, 3.05) is 20.3 Å². The topological polar surface area (TPSA) is 56.8 Å². The molecule has 0 saturated carbocycles. The Balaban J connectivity index is 1.95. The van der Waals surface area contributed by atoms with Gasteiger partial charge in [-0.15, -0.1) is 0 Å². The van der Waals surface area contributed by atoms with Gasteiger partial charge in [-0.3, -0.25) is 4.79 Å². The predicted molar refractivity (Wildman–Crippen MR) is 116 cm³/mol. The molecule has 0 bridgehead atoms. The van der Waals surface area contributed by atoms with E-state index in [1.807, 2.05) is 36.4 Å². The number of para-hydroxylation sites is 1. The molecule has 2 aromatic carbocycles. The number of hydrogen-bond acceptors (Lipinski definition) is 4. The number of benzene rings is 2. The molecule has 0 aliphatic carbocycles. The summed E-state index contributed by atoms with van der Waals surface area (Å²) in [6, 6.07) is 13.1. The zero-order valence-corrected chi connectivity index (χ0v) is 17.8. The SMILES string of the molecule is CCCCCCOc1ccccc1C(=O)NCc1ccc(OCCC)c(OC)c1. The number of rotatable bonds is 13. The Hall–Kier alpha value is -2.69. The minimum absolute atomic E-state index is 0.153. The van der Waals surface area contributed by atoms with E-state index in [1.54, 1.807) is 13.2 Å². The van der Waals surface area contributed by atoms with Gasteiger partial charge in [0.15, 0.2) is 11.5 Å². The van der Waals surface area contributed by atoms with Gasteiger partial charge in [-0.1, -0.05) is 51.3 Å². The predicted octanol–water partition coefficient (Wildman–Crippen LogP) is 5.37. The summed E-state index contributed by atoms with van der Waals surface area (Å²) < 4.78 is 16.9. The molecule has 0 aliphatic heterocycles. The molecule has 0 radical (unpaired) electrons. The van der Waals surface area contributed by atoms with Crippen LogP contribution in [0.1, 0.15) is 61.9 Å². The van der Waals surface area contributed by atoms with E-state index in [9.17, 15) is 4.79 Å². The van der Waals surface area contributed by atoms with Gasteiger partial charge >= 0.3 is 0 Å². The number of carbonyl (C=O) groups is 1. The molecule has 5 heteroatoms. The van der Waals surface area contributed by atoms with Crippen molar-refractivity contribution >= 4 is 5.91 Å². The molecule has 29 heavy (non-hydrogen) atoms. The summed E-state index contributed by atoms with van der Waals surface area (Å²) >= 11 is 0. The average Bonchev–Trinajstić information content (AvgIpc) is 2.76. The molecule has 0 unspecified atom stereocenters. The Morgan fingerprint density at radius 1 is 0.862 bits per heavy atom. The van der Waals surface area contributed by atoms with Crippen molar-refractivity contribution in [1.82, 2.24) is 5.32 Å². The Morgan fingerprint density at radius 2 is 1.66 bits per heavy atom. The van der Waals surface area contributed by atoms with Gasteiger partial charge in [-0.2, -0.15) is 0 Å². The van der Waals surface area contributed by atoms with E-state index >= 15 is 0 Å². The van der Waals surface area contributed by atoms with E-state index < -0.39 is 0 Å². The number of amides is 1. The molecular formula is C24H33NO4. The summed E-state index contributed by atoms with van der Waals surface area (Å²) in [6.45, 7) is 5.90. The van der Waals surface area contributed by atoms with Crippen LogP contribution in [0.3, 0.4) is 0 Å². The van der Waals surface area contributed by atoms with Gasteiger partial charge in [-0.25, -0.2) is 0 Å². The van der Waals surface area contributed by atoms with Gasteiger partial charge in [0, 0.05) is 6.54 Å². The van der Waals surface area contributed by atoms with Gasteiger partial charge in [0.1, 0.15) is 5.75 Å². The Morgan fingerprint density at radius 3 is 2.41 bits per heavy atom. The zero-order chi connectivity index (χ0) is 20.9. The van der Waals surface area contributed by atoms with Gasteiger partial charge in [0.05, 0.1) is 25.9 Å². The van der Waals surface area contributed by atoms with Gasteiger partial charge in [-0.05, 0) is 42.7 Å². The number of methoxy groups -OCH3 is 1. The molecule has 1 amide bonds. The van der Waals surface area contributed by atoms with Crippen LogP contribution in [0.25, 0.3) is 0 Å². The van der Waals surface area contributed by atoms with Gasteiger partial charge in [0.25, 0.3) is 5.91 Å². The molecule has 0 saturated heterocycles. The highest BCUT2D eigenvalue weighted by Crippen LogP contribution is 2.28. The van der Waals surface area contributed by atoms with Crippen molar-refractivity contribution in [3.8, 4) is 17.2 Å². The Labute approximate surface area is 174 Å². The number of ether oxygens (including phenoxy) is 3. The van der Waals surface area contributed by atoms with E-state index in [2.05, 4.69) is 19.2 Å². The number of unbranched alkanes of at least 4 members (excludes halogenated alkanes) is 3. The molecule has 0 heterocycles. The maximum Gasteiger partial charge on any atom is 0.255 e. The lowest BCUT2D eigenvalue weighted by Crippen LogP contribution is -2.23. The lowest BCUT2D eigenvalue weighted by molar-refractivity contribution is 0.0946. The molecule has 0 fully saturated rings. The monoisotopic (exact) mass is 399 g/mol. The van der Waals surface area contributed by atoms with Crippen LogP contribution in [0.15, 0.2) is 42.5 Å². The second kappa shape index (κ2) is 12.7. The minimum Gasteiger partial charge on any atom is -0.493 e. The first-order chi connectivity index (χ1) is 14.2. The van der Waals surface area contributed by atoms with Crippen molar-refractivity contribution < 1.29 is 19.0 Å². The molecule has 0 aromatic heterocycles. The summed E-state index contributed by atoms with van der Waals surface area (Å²) in [7, 11) is 1.62. The highest BCUT2D eigenvalue weighted by atomic mass is 16.5. The van der Waals surface area contributed by atoms with Crippen LogP contribution in [0.5, 0.6) is 17.2 Å². The lowest BCUT2D eigenvalue weighted by Gasteiger charge is -2.13. The number of carbonyl (C=O) groups excluding carboxylic acids is 1. The highest BCUT2D eigenvalue weighted by molar-refractivity contribution is 5.96. The molecule has 2 rings (SSSR count). The van der Waals surface area contributed by atoms with Crippen LogP contribution >= 0.6 is 0 Å². The second-order valence-corrected chi connectivity index (χ2v) is 6.92. The van der Waals surface area contributed by atoms with E-state index in [-0.39, 0.29) is 5.91 Å². The maximum atomic E-state index is 12.7. The second-order valence-electron chi connectivity index (χ2n) is 6.92. The van der Waals surface area contributed by atoms with Crippen molar-refractivity contribution in [3.63, 3.8) is 0 Å². The fourth-order valence-electron chi connectivity index (χ4n) is 2.92. The standard InChI is InChI=1S/C24H33NO4/c1-4-6-7-10-16-29-21-12-9-8-11-20(21)24(26)25-18-19-13-14-22(28-15-5-2)23(17-19)27-3/h8-9,11-14,17H,4-7,10,15-16,18H2,1-3H3,(H,25,26). The largest absolute Gasteiger partial charge is 0.493 e. The number of nitrogens with one attached hydrogen (secondary N) is 1. The average molecular weight is 400 g/mol. The molecule has 5 nitrogen and oxygen atoms in total. The van der Waals surface area contributed by atoms with Crippen molar-refractivity contribution in [2.24, 2.45) is 0 Å². The van der Waals surface area contributed by atoms with Crippen molar-refractivity contribution in [2.45, 2.75) is 52.5 Å². The van der Waals surface area contributed by atoms with Crippen LogP contribution in [0, 0.1) is 0 Å². The summed E-state index contributed by atoms with van der Waals surface area (Å²) in [5.74, 6) is 1.86. The van der Waals surface area contributed by atoms with Crippen molar-refractivity contribution in [1.29, 1.82) is 0 Å². The number of hydrogen-bond donors (Lipinski definition) is 1. The summed E-state index contributed by atoms with van der Waals surface area (Å²) in [5.41, 5.74) is 1.50. The molecule has 0 atom stereocenters. The summed E-state index contributed by atoms with van der Waals surface area (Å²) in [5, 5.41) is 2.96. The molecular weight excluding hydrogens is 366 g/mol. The molecule has 0 spiro atoms. The Bertz CT molecular complexity index is 760. The van der Waals surface area contributed by atoms with E-state index in [4.69, 9.17) is 14.2 Å². The summed E-state index contributed by atoms with van der Waals surface area (Å²) in [6.07, 6.45) is 5.47. The van der Waals surface area contributed by atoms with Crippen LogP contribution in [-0.2, 0) is 6.54 Å². The van der Waals surface area contributed by atoms with Crippen LogP contribution in [-0.4, -0.2) is 26.2 Å². The van der Waals surface area contributed by atoms with Crippen LogP contribution < -0.4 is 19.5 Å². The first kappa shape index (κ1) is 22.6. The molecule has 2 aromatic rings. The highest BCUT2D eigenvalue weighted by Gasteiger charge is 2.13. The first-order valence-electron chi connectivity index (χ1n) is 10.5. The quantitative estimate of drug-likeness (QED) is 0.460. The first-order valence-corrected chi connectivity index (χ1v) is 10.5. The van der Waals surface area contributed by atoms with E-state index in [1.165, 1.54) is 12.8 Å². The van der Waals surface area contributed by atoms with Crippen LogP contribution in [0.2, 0.25) is 0 Å². The van der Waals surface area contributed by atoms with Crippen LogP contribution in [0.4, 0.5) is 0 Å². The minimum atomic E-state index is -0.153. The molecule has 1 N–H and O–H groups in total. The normalized spacial score (nSPS) is 10.4. The molecule has 158 valence electrons. The van der Waals surface area contributed by atoms with E-state index in [0.29, 0.717) is 42.6 Å².